The molecule has 7 heteroatoms. The number of benzene rings is 2. The lowest BCUT2D eigenvalue weighted by molar-refractivity contribution is -0.122. The summed E-state index contributed by atoms with van der Waals surface area (Å²) in [4.78, 5) is 25.7. The maximum absolute atomic E-state index is 13.4. The first-order chi connectivity index (χ1) is 18.6. The molecule has 5 rings (SSSR count). The molecule has 3 aliphatic rings. The number of nitrogens with zero attached hydrogens (tertiary/aromatic N) is 4. The zero-order chi connectivity index (χ0) is 27.9. The van der Waals surface area contributed by atoms with Crippen LogP contribution in [-0.4, -0.2) is 60.4 Å². The number of likely N-dealkylation sites (N-methyl/N-ethyl adjacent to an activating group) is 1. The summed E-state index contributed by atoms with van der Waals surface area (Å²) in [5.41, 5.74) is 7.16. The topological polar surface area (TPSA) is 48.4 Å². The number of ether oxygens (including phenoxy) is 1. The molecule has 1 amide bonds. The van der Waals surface area contributed by atoms with E-state index in [1.165, 1.54) is 34.3 Å². The summed E-state index contributed by atoms with van der Waals surface area (Å²) in [6.45, 7) is 19.7. The van der Waals surface area contributed by atoms with Crippen molar-refractivity contribution in [3.8, 4) is 0 Å². The Bertz CT molecular complexity index is 1290. The largest absolute Gasteiger partial charge is 0.378 e. The first-order valence-electron chi connectivity index (χ1n) is 14.3. The minimum atomic E-state index is 0.0290. The monoisotopic (exact) mass is 546 g/mol. The minimum Gasteiger partial charge on any atom is -0.378 e. The maximum atomic E-state index is 13.4. The lowest BCUT2D eigenvalue weighted by Gasteiger charge is -2.50. The Kier molecular flexibility index (Phi) is 7.84. The molecule has 0 bridgehead atoms. The van der Waals surface area contributed by atoms with Gasteiger partial charge < -0.3 is 14.5 Å². The van der Waals surface area contributed by atoms with Crippen molar-refractivity contribution in [3.05, 3.63) is 58.0 Å². The van der Waals surface area contributed by atoms with Crippen LogP contribution in [0.4, 0.5) is 17.1 Å². The van der Waals surface area contributed by atoms with E-state index in [9.17, 15) is 4.79 Å². The number of aliphatic imine (C=N–C) groups is 1. The Morgan fingerprint density at radius 2 is 1.85 bits per heavy atom. The van der Waals surface area contributed by atoms with E-state index in [0.717, 1.165) is 54.0 Å². The van der Waals surface area contributed by atoms with E-state index >= 15 is 0 Å². The fourth-order valence-electron chi connectivity index (χ4n) is 6.43. The number of thioether (sulfide) groups is 1. The smallest absolute Gasteiger partial charge is 0.266 e. The number of amidine groups is 1. The second-order valence-corrected chi connectivity index (χ2v) is 12.8. The fraction of sp³-hybridized carbons (Fsp3) is 0.500. The average molecular weight is 547 g/mol. The zero-order valence-corrected chi connectivity index (χ0v) is 25.3. The van der Waals surface area contributed by atoms with Crippen LogP contribution in [0, 0.1) is 6.92 Å². The summed E-state index contributed by atoms with van der Waals surface area (Å²) in [5, 5.41) is 0.740. The van der Waals surface area contributed by atoms with Crippen LogP contribution in [0.25, 0.3) is 6.08 Å². The molecule has 2 fully saturated rings. The van der Waals surface area contributed by atoms with Gasteiger partial charge in [-0.05, 0) is 125 Å². The number of aryl methyl sites for hydroxylation is 1. The molecule has 39 heavy (non-hydrogen) atoms. The van der Waals surface area contributed by atoms with Gasteiger partial charge in [-0.3, -0.25) is 9.69 Å². The van der Waals surface area contributed by atoms with Crippen molar-refractivity contribution in [2.75, 3.05) is 42.6 Å². The number of amides is 1. The predicted molar refractivity (Wildman–Crippen MR) is 165 cm³/mol. The number of fused-ring (bicyclic) bond motifs is 1. The molecule has 0 aliphatic carbocycles. The molecule has 0 aromatic heterocycles. The standard InChI is InChI=1S/C32H42N4O2S/c1-8-35-30(37)29(39-31(35)33-25-9-11-26(12-10-25)34-13-15-38-16-14-34)19-24-18-27-23(5)20-32(6,7)36(21(2)3)28(27)17-22(24)4/h9-12,17-19,21,23H,8,13-16,20H2,1-7H3/b29-19-,33-31?/t23-/m1/s1. The molecule has 0 N–H and O–H groups in total. The van der Waals surface area contributed by atoms with Crippen LogP contribution in [0.5, 0.6) is 0 Å². The molecule has 2 aromatic rings. The molecular formula is C32H42N4O2S. The Morgan fingerprint density at radius 1 is 1.15 bits per heavy atom. The van der Waals surface area contributed by atoms with Crippen LogP contribution in [0.3, 0.4) is 0 Å². The van der Waals surface area contributed by atoms with Crippen LogP contribution >= 0.6 is 11.8 Å². The SMILES string of the molecule is CCN1C(=O)/C(=C/c2cc3c(cc2C)N(C(C)C)C(C)(C)C[C@H]3C)SC1=Nc1ccc(N2CCOCC2)cc1. The number of anilines is 2. The summed E-state index contributed by atoms with van der Waals surface area (Å²) < 4.78 is 5.47. The van der Waals surface area contributed by atoms with Crippen molar-refractivity contribution >= 4 is 46.0 Å². The molecule has 208 valence electrons. The minimum absolute atomic E-state index is 0.0290. The summed E-state index contributed by atoms with van der Waals surface area (Å²) in [6, 6.07) is 13.4. The summed E-state index contributed by atoms with van der Waals surface area (Å²) in [7, 11) is 0. The number of hydrogen-bond acceptors (Lipinski definition) is 6. The zero-order valence-electron chi connectivity index (χ0n) is 24.5. The third-order valence-corrected chi connectivity index (χ3v) is 9.13. The van der Waals surface area contributed by atoms with Crippen LogP contribution in [0.2, 0.25) is 0 Å². The van der Waals surface area contributed by atoms with E-state index in [0.29, 0.717) is 18.5 Å². The van der Waals surface area contributed by atoms with E-state index in [4.69, 9.17) is 9.73 Å². The molecule has 3 aliphatic heterocycles. The van der Waals surface area contributed by atoms with Crippen LogP contribution in [0.1, 0.15) is 70.6 Å². The molecule has 3 heterocycles. The lowest BCUT2D eigenvalue weighted by Crippen LogP contribution is -2.51. The van der Waals surface area contributed by atoms with E-state index < -0.39 is 0 Å². The van der Waals surface area contributed by atoms with Crippen molar-refractivity contribution in [3.63, 3.8) is 0 Å². The normalized spacial score (nSPS) is 23.3. The van der Waals surface area contributed by atoms with Gasteiger partial charge in [-0.25, -0.2) is 4.99 Å². The third kappa shape index (κ3) is 5.48. The van der Waals surface area contributed by atoms with Gasteiger partial charge in [-0.1, -0.05) is 6.92 Å². The number of carbonyl (C=O) groups is 1. The number of carbonyl (C=O) groups excluding carboxylic acids is 1. The Balaban J connectivity index is 1.43. The molecular weight excluding hydrogens is 504 g/mol. The van der Waals surface area contributed by atoms with Gasteiger partial charge in [-0.15, -0.1) is 0 Å². The van der Waals surface area contributed by atoms with Crippen molar-refractivity contribution in [2.45, 2.75) is 72.4 Å². The molecule has 1 atom stereocenters. The van der Waals surface area contributed by atoms with Crippen molar-refractivity contribution in [2.24, 2.45) is 4.99 Å². The number of hydrogen-bond donors (Lipinski definition) is 0. The van der Waals surface area contributed by atoms with Gasteiger partial charge in [-0.2, -0.15) is 0 Å². The molecule has 2 saturated heterocycles. The van der Waals surface area contributed by atoms with Gasteiger partial charge in [0.1, 0.15) is 0 Å². The first kappa shape index (κ1) is 27.8. The second-order valence-electron chi connectivity index (χ2n) is 11.8. The fourth-order valence-corrected chi connectivity index (χ4v) is 7.48. The van der Waals surface area contributed by atoms with Gasteiger partial charge >= 0.3 is 0 Å². The summed E-state index contributed by atoms with van der Waals surface area (Å²) >= 11 is 1.48. The highest BCUT2D eigenvalue weighted by atomic mass is 32.2. The van der Waals surface area contributed by atoms with Gasteiger partial charge in [0.2, 0.25) is 0 Å². The Hall–Kier alpha value is -2.77. The van der Waals surface area contributed by atoms with Crippen LogP contribution in [0.15, 0.2) is 46.3 Å². The lowest BCUT2D eigenvalue weighted by atomic mass is 9.78. The maximum Gasteiger partial charge on any atom is 0.266 e. The highest BCUT2D eigenvalue weighted by Crippen LogP contribution is 2.46. The molecule has 2 aromatic carbocycles. The highest BCUT2D eigenvalue weighted by Gasteiger charge is 2.38. The molecule has 0 saturated carbocycles. The first-order valence-corrected chi connectivity index (χ1v) is 15.1. The van der Waals surface area contributed by atoms with Gasteiger partial charge in [0.15, 0.2) is 5.17 Å². The highest BCUT2D eigenvalue weighted by molar-refractivity contribution is 8.18. The Morgan fingerprint density at radius 3 is 2.49 bits per heavy atom. The van der Waals surface area contributed by atoms with E-state index in [1.54, 1.807) is 4.90 Å². The summed E-state index contributed by atoms with van der Waals surface area (Å²) in [6.07, 6.45) is 3.18. The van der Waals surface area contributed by atoms with Crippen molar-refractivity contribution in [1.82, 2.24) is 4.90 Å². The van der Waals surface area contributed by atoms with Crippen LogP contribution < -0.4 is 9.80 Å². The van der Waals surface area contributed by atoms with E-state index in [-0.39, 0.29) is 11.4 Å². The molecule has 0 radical (unpaired) electrons. The summed E-state index contributed by atoms with van der Waals surface area (Å²) in [5.74, 6) is 0.487. The molecule has 6 nitrogen and oxygen atoms in total. The Labute approximate surface area is 238 Å². The van der Waals surface area contributed by atoms with Gasteiger partial charge in [0.25, 0.3) is 5.91 Å². The quantitative estimate of drug-likeness (QED) is 0.380. The van der Waals surface area contributed by atoms with E-state index in [1.807, 2.05) is 19.1 Å². The molecule has 0 unspecified atom stereocenters. The average Bonchev–Trinajstić information content (AvgIpc) is 3.18. The molecule has 0 spiro atoms. The predicted octanol–water partition coefficient (Wildman–Crippen LogP) is 6.96. The van der Waals surface area contributed by atoms with E-state index in [2.05, 4.69) is 81.7 Å². The number of rotatable bonds is 5. The van der Waals surface area contributed by atoms with Crippen molar-refractivity contribution < 1.29 is 9.53 Å². The third-order valence-electron chi connectivity index (χ3n) is 8.12. The van der Waals surface area contributed by atoms with Crippen LogP contribution in [-0.2, 0) is 9.53 Å². The number of morpholine rings is 1. The van der Waals surface area contributed by atoms with Gasteiger partial charge in [0, 0.05) is 42.6 Å². The van der Waals surface area contributed by atoms with Gasteiger partial charge in [0.05, 0.1) is 23.8 Å². The second kappa shape index (κ2) is 11.0. The van der Waals surface area contributed by atoms with Crippen molar-refractivity contribution in [1.29, 1.82) is 0 Å².